The molecule has 3 nitrogen and oxygen atoms in total. The van der Waals surface area contributed by atoms with E-state index in [9.17, 15) is 4.79 Å². The average Bonchev–Trinajstić information content (AvgIpc) is 2.37. The number of carbonyl (C=O) groups excluding carboxylic acids is 1. The molecule has 104 valence electrons. The zero-order valence-corrected chi connectivity index (χ0v) is 12.3. The number of carbonyl (C=O) groups is 1. The van der Waals surface area contributed by atoms with Crippen LogP contribution < -0.4 is 5.32 Å². The standard InChI is InChI=1S/C14H17Cl2NO2/c1-9-5-2-3-8-12(9)19-14(18)17-13-10(15)6-4-7-11(13)16/h4,6-7,9,12H,2-3,5,8H2,1H3,(H,17,18). The van der Waals surface area contributed by atoms with Gasteiger partial charge in [0.15, 0.2) is 0 Å². The minimum Gasteiger partial charge on any atom is -0.446 e. The first kappa shape index (κ1) is 14.5. The number of halogens is 2. The number of benzene rings is 1. The van der Waals surface area contributed by atoms with Gasteiger partial charge in [-0.2, -0.15) is 0 Å². The number of hydrogen-bond acceptors (Lipinski definition) is 2. The Morgan fingerprint density at radius 1 is 1.26 bits per heavy atom. The van der Waals surface area contributed by atoms with Gasteiger partial charge in [-0.1, -0.05) is 42.6 Å². The van der Waals surface area contributed by atoms with E-state index in [1.807, 2.05) is 0 Å². The third-order valence-corrected chi connectivity index (χ3v) is 4.11. The fourth-order valence-corrected chi connectivity index (χ4v) is 2.84. The van der Waals surface area contributed by atoms with Crippen molar-refractivity contribution in [2.24, 2.45) is 5.92 Å². The summed E-state index contributed by atoms with van der Waals surface area (Å²) in [5, 5.41) is 3.43. The number of amides is 1. The maximum Gasteiger partial charge on any atom is 0.411 e. The van der Waals surface area contributed by atoms with Crippen molar-refractivity contribution in [1.29, 1.82) is 0 Å². The highest BCUT2D eigenvalue weighted by atomic mass is 35.5. The Balaban J connectivity index is 1.97. The van der Waals surface area contributed by atoms with Crippen LogP contribution in [-0.2, 0) is 4.74 Å². The summed E-state index contributed by atoms with van der Waals surface area (Å²) in [7, 11) is 0. The maximum absolute atomic E-state index is 11.9. The van der Waals surface area contributed by atoms with Crippen molar-refractivity contribution in [2.45, 2.75) is 38.7 Å². The predicted octanol–water partition coefficient (Wildman–Crippen LogP) is 5.12. The molecule has 2 atom stereocenters. The minimum atomic E-state index is -0.492. The summed E-state index contributed by atoms with van der Waals surface area (Å²) in [6, 6.07) is 5.07. The molecule has 1 fully saturated rings. The van der Waals surface area contributed by atoms with Gasteiger partial charge in [0.25, 0.3) is 0 Å². The molecule has 0 radical (unpaired) electrons. The molecule has 1 aromatic carbocycles. The molecule has 1 aromatic rings. The second kappa shape index (κ2) is 6.49. The first-order chi connectivity index (χ1) is 9.08. The van der Waals surface area contributed by atoms with Crippen LogP contribution in [0.2, 0.25) is 10.0 Å². The first-order valence-corrected chi connectivity index (χ1v) is 7.25. The first-order valence-electron chi connectivity index (χ1n) is 6.49. The molecule has 0 spiro atoms. The van der Waals surface area contributed by atoms with Gasteiger partial charge in [-0.25, -0.2) is 4.79 Å². The number of ether oxygens (including phenoxy) is 1. The average molecular weight is 302 g/mol. The number of rotatable bonds is 2. The number of para-hydroxylation sites is 1. The van der Waals surface area contributed by atoms with Crippen LogP contribution >= 0.6 is 23.2 Å². The highest BCUT2D eigenvalue weighted by molar-refractivity contribution is 6.39. The van der Waals surface area contributed by atoms with E-state index in [4.69, 9.17) is 27.9 Å². The van der Waals surface area contributed by atoms with Crippen LogP contribution in [0.15, 0.2) is 18.2 Å². The SMILES string of the molecule is CC1CCCCC1OC(=O)Nc1c(Cl)cccc1Cl. The lowest BCUT2D eigenvalue weighted by Crippen LogP contribution is -2.30. The smallest absolute Gasteiger partial charge is 0.411 e. The van der Waals surface area contributed by atoms with E-state index in [-0.39, 0.29) is 6.10 Å². The Morgan fingerprint density at radius 3 is 2.53 bits per heavy atom. The monoisotopic (exact) mass is 301 g/mol. The van der Waals surface area contributed by atoms with Gasteiger partial charge in [-0.05, 0) is 37.3 Å². The Morgan fingerprint density at radius 2 is 1.89 bits per heavy atom. The molecule has 2 unspecified atom stereocenters. The van der Waals surface area contributed by atoms with E-state index >= 15 is 0 Å². The van der Waals surface area contributed by atoms with Crippen molar-refractivity contribution in [3.8, 4) is 0 Å². The summed E-state index contributed by atoms with van der Waals surface area (Å²) >= 11 is 12.0. The van der Waals surface area contributed by atoms with Crippen molar-refractivity contribution in [3.63, 3.8) is 0 Å². The van der Waals surface area contributed by atoms with E-state index in [1.54, 1.807) is 18.2 Å². The van der Waals surface area contributed by atoms with Gasteiger partial charge in [0, 0.05) is 0 Å². The van der Waals surface area contributed by atoms with E-state index in [1.165, 1.54) is 6.42 Å². The predicted molar refractivity (Wildman–Crippen MR) is 78.0 cm³/mol. The van der Waals surface area contributed by atoms with Crippen LogP contribution in [-0.4, -0.2) is 12.2 Å². The van der Waals surface area contributed by atoms with Gasteiger partial charge in [-0.3, -0.25) is 5.32 Å². The van der Waals surface area contributed by atoms with E-state index in [0.29, 0.717) is 21.7 Å². The van der Waals surface area contributed by atoms with Gasteiger partial charge >= 0.3 is 6.09 Å². The molecule has 1 N–H and O–H groups in total. The molecular weight excluding hydrogens is 285 g/mol. The summed E-state index contributed by atoms with van der Waals surface area (Å²) in [6.45, 7) is 2.11. The lowest BCUT2D eigenvalue weighted by atomic mass is 9.88. The quantitative estimate of drug-likeness (QED) is 0.823. The van der Waals surface area contributed by atoms with Crippen LogP contribution in [0.1, 0.15) is 32.6 Å². The minimum absolute atomic E-state index is 0.0185. The highest BCUT2D eigenvalue weighted by Gasteiger charge is 2.25. The Bertz CT molecular complexity index is 445. The van der Waals surface area contributed by atoms with Crippen molar-refractivity contribution < 1.29 is 9.53 Å². The number of anilines is 1. The molecule has 1 aliphatic rings. The molecule has 1 saturated carbocycles. The van der Waals surface area contributed by atoms with E-state index < -0.39 is 6.09 Å². The van der Waals surface area contributed by atoms with Crippen LogP contribution in [0.3, 0.4) is 0 Å². The summed E-state index contributed by atoms with van der Waals surface area (Å²) in [5.74, 6) is 0.404. The van der Waals surface area contributed by atoms with Crippen molar-refractivity contribution >= 4 is 35.0 Å². The maximum atomic E-state index is 11.9. The molecule has 0 bridgehead atoms. The van der Waals surface area contributed by atoms with Crippen molar-refractivity contribution in [2.75, 3.05) is 5.32 Å². The Labute approximate surface area is 123 Å². The van der Waals surface area contributed by atoms with Gasteiger partial charge in [0.05, 0.1) is 15.7 Å². The van der Waals surface area contributed by atoms with Gasteiger partial charge < -0.3 is 4.74 Å². The molecule has 0 aromatic heterocycles. The zero-order chi connectivity index (χ0) is 13.8. The van der Waals surface area contributed by atoms with Crippen molar-refractivity contribution in [3.05, 3.63) is 28.2 Å². The molecule has 0 saturated heterocycles. The van der Waals surface area contributed by atoms with Crippen molar-refractivity contribution in [1.82, 2.24) is 0 Å². The largest absolute Gasteiger partial charge is 0.446 e. The Hall–Kier alpha value is -0.930. The summed E-state index contributed by atoms with van der Waals surface area (Å²) in [4.78, 5) is 11.9. The molecule has 5 heteroatoms. The third-order valence-electron chi connectivity index (χ3n) is 3.48. The van der Waals surface area contributed by atoms with Gasteiger partial charge in [-0.15, -0.1) is 0 Å². The second-order valence-electron chi connectivity index (χ2n) is 4.93. The molecule has 2 rings (SSSR count). The fourth-order valence-electron chi connectivity index (χ4n) is 2.34. The molecule has 19 heavy (non-hydrogen) atoms. The molecular formula is C14H17Cl2NO2. The second-order valence-corrected chi connectivity index (χ2v) is 5.74. The van der Waals surface area contributed by atoms with Crippen LogP contribution in [0.4, 0.5) is 10.5 Å². The fraction of sp³-hybridized carbons (Fsp3) is 0.500. The lowest BCUT2D eigenvalue weighted by Gasteiger charge is -2.28. The zero-order valence-electron chi connectivity index (χ0n) is 10.8. The highest BCUT2D eigenvalue weighted by Crippen LogP contribution is 2.31. The van der Waals surface area contributed by atoms with Crippen LogP contribution in [0.5, 0.6) is 0 Å². The molecule has 0 aliphatic heterocycles. The molecule has 1 aliphatic carbocycles. The molecule has 1 amide bonds. The Kier molecular flexibility index (Phi) is 4.94. The van der Waals surface area contributed by atoms with E-state index in [0.717, 1.165) is 19.3 Å². The van der Waals surface area contributed by atoms with Gasteiger partial charge in [0.2, 0.25) is 0 Å². The third kappa shape index (κ3) is 3.77. The van der Waals surface area contributed by atoms with Crippen LogP contribution in [0.25, 0.3) is 0 Å². The van der Waals surface area contributed by atoms with E-state index in [2.05, 4.69) is 12.2 Å². The summed E-state index contributed by atoms with van der Waals surface area (Å²) < 4.78 is 5.45. The van der Waals surface area contributed by atoms with Crippen LogP contribution in [0, 0.1) is 5.92 Å². The summed E-state index contributed by atoms with van der Waals surface area (Å²) in [6.07, 6.45) is 3.83. The van der Waals surface area contributed by atoms with Gasteiger partial charge in [0.1, 0.15) is 6.10 Å². The molecule has 0 heterocycles. The summed E-state index contributed by atoms with van der Waals surface area (Å²) in [5.41, 5.74) is 0.402. The lowest BCUT2D eigenvalue weighted by molar-refractivity contribution is 0.0524. The topological polar surface area (TPSA) is 38.3 Å². The number of nitrogens with one attached hydrogen (secondary N) is 1. The number of hydrogen-bond donors (Lipinski definition) is 1. The normalized spacial score (nSPS) is 22.9.